The first-order valence-electron chi connectivity index (χ1n) is 10.0. The van der Waals surface area contributed by atoms with Crippen LogP contribution >= 0.6 is 0 Å². The highest BCUT2D eigenvalue weighted by Crippen LogP contribution is 2.35. The first kappa shape index (κ1) is 22.1. The number of hydrogen-bond donors (Lipinski definition) is 2. The lowest BCUT2D eigenvalue weighted by molar-refractivity contribution is -0.121. The standard InChI is InChI=1S/C23H29FN2O4/c1-16(27)25-23(18-5-7-19(24)8-6-18)10-12-26(13-11-23)15-20(28)17-4-9-21(29-2)22(14-17)30-3/h4-9,14,20,28H,10-13,15H2,1-3H3,(H,25,27). The third-order valence-corrected chi connectivity index (χ3v) is 5.75. The Bertz CT molecular complexity index is 864. The van der Waals surface area contributed by atoms with Crippen LogP contribution in [0.25, 0.3) is 0 Å². The Morgan fingerprint density at radius 3 is 2.33 bits per heavy atom. The summed E-state index contributed by atoms with van der Waals surface area (Å²) >= 11 is 0. The molecule has 0 aromatic heterocycles. The summed E-state index contributed by atoms with van der Waals surface area (Å²) in [5.74, 6) is 0.782. The van der Waals surface area contributed by atoms with Gasteiger partial charge in [-0.25, -0.2) is 4.39 Å². The number of benzene rings is 2. The monoisotopic (exact) mass is 416 g/mol. The fourth-order valence-electron chi connectivity index (χ4n) is 4.12. The summed E-state index contributed by atoms with van der Waals surface area (Å²) < 4.78 is 23.9. The number of carbonyl (C=O) groups excluding carboxylic acids is 1. The molecular formula is C23H29FN2O4. The highest BCUT2D eigenvalue weighted by Gasteiger charge is 2.37. The molecule has 1 heterocycles. The van der Waals surface area contributed by atoms with Crippen LogP contribution in [-0.4, -0.2) is 49.8 Å². The maximum Gasteiger partial charge on any atom is 0.217 e. The van der Waals surface area contributed by atoms with Crippen LogP contribution in [0.4, 0.5) is 4.39 Å². The molecule has 6 nitrogen and oxygen atoms in total. The minimum Gasteiger partial charge on any atom is -0.493 e. The predicted octanol–water partition coefficient (Wildman–Crippen LogP) is 3.00. The molecule has 2 aromatic carbocycles. The Kier molecular flexibility index (Phi) is 6.95. The van der Waals surface area contributed by atoms with Gasteiger partial charge in [0.2, 0.25) is 5.91 Å². The molecule has 0 spiro atoms. The molecule has 162 valence electrons. The Hall–Kier alpha value is -2.64. The van der Waals surface area contributed by atoms with Crippen molar-refractivity contribution in [3.05, 3.63) is 59.4 Å². The van der Waals surface area contributed by atoms with Crippen LogP contribution in [0.2, 0.25) is 0 Å². The van der Waals surface area contributed by atoms with E-state index in [1.807, 2.05) is 6.07 Å². The van der Waals surface area contributed by atoms with Gasteiger partial charge >= 0.3 is 0 Å². The fraction of sp³-hybridized carbons (Fsp3) is 0.435. The summed E-state index contributed by atoms with van der Waals surface area (Å²) in [6.45, 7) is 3.36. The summed E-state index contributed by atoms with van der Waals surface area (Å²) in [4.78, 5) is 14.0. The number of nitrogens with zero attached hydrogens (tertiary/aromatic N) is 1. The van der Waals surface area contributed by atoms with Crippen molar-refractivity contribution in [2.24, 2.45) is 0 Å². The number of ether oxygens (including phenoxy) is 2. The predicted molar refractivity (Wildman–Crippen MR) is 112 cm³/mol. The lowest BCUT2D eigenvalue weighted by Gasteiger charge is -2.43. The molecule has 1 amide bonds. The number of likely N-dealkylation sites (tertiary alicyclic amines) is 1. The van der Waals surface area contributed by atoms with E-state index < -0.39 is 11.6 Å². The smallest absolute Gasteiger partial charge is 0.217 e. The molecule has 2 aromatic rings. The van der Waals surface area contributed by atoms with Crippen LogP contribution in [0.3, 0.4) is 0 Å². The lowest BCUT2D eigenvalue weighted by Crippen LogP contribution is -2.53. The summed E-state index contributed by atoms with van der Waals surface area (Å²) in [6.07, 6.45) is 0.678. The molecule has 1 fully saturated rings. The molecule has 0 saturated carbocycles. The van der Waals surface area contributed by atoms with Gasteiger partial charge in [0.25, 0.3) is 0 Å². The normalized spacial score (nSPS) is 17.2. The van der Waals surface area contributed by atoms with Crippen molar-refractivity contribution in [2.45, 2.75) is 31.4 Å². The third kappa shape index (κ3) is 4.91. The van der Waals surface area contributed by atoms with E-state index in [0.717, 1.165) is 11.1 Å². The van der Waals surface area contributed by atoms with E-state index in [2.05, 4.69) is 10.2 Å². The van der Waals surface area contributed by atoms with Crippen LogP contribution in [0.1, 0.15) is 37.0 Å². The molecular weight excluding hydrogens is 387 g/mol. The van der Waals surface area contributed by atoms with Gasteiger partial charge in [0.15, 0.2) is 11.5 Å². The number of hydrogen-bond acceptors (Lipinski definition) is 5. The number of amides is 1. The number of aliphatic hydroxyl groups excluding tert-OH is 1. The van der Waals surface area contributed by atoms with E-state index >= 15 is 0 Å². The van der Waals surface area contributed by atoms with Gasteiger partial charge in [0.1, 0.15) is 5.82 Å². The number of piperidine rings is 1. The molecule has 1 aliphatic rings. The second-order valence-corrected chi connectivity index (χ2v) is 7.70. The molecule has 1 atom stereocenters. The number of aliphatic hydroxyl groups is 1. The van der Waals surface area contributed by atoms with Gasteiger partial charge in [-0.05, 0) is 48.2 Å². The summed E-state index contributed by atoms with van der Waals surface area (Å²) in [5.41, 5.74) is 1.13. The lowest BCUT2D eigenvalue weighted by atomic mass is 9.80. The molecule has 3 rings (SSSR count). The van der Waals surface area contributed by atoms with E-state index in [0.29, 0.717) is 44.0 Å². The van der Waals surface area contributed by atoms with Crippen molar-refractivity contribution < 1.29 is 23.8 Å². The van der Waals surface area contributed by atoms with E-state index in [1.165, 1.54) is 19.1 Å². The summed E-state index contributed by atoms with van der Waals surface area (Å²) in [6, 6.07) is 11.7. The van der Waals surface area contributed by atoms with Gasteiger partial charge in [-0.1, -0.05) is 18.2 Å². The largest absolute Gasteiger partial charge is 0.493 e. The highest BCUT2D eigenvalue weighted by atomic mass is 19.1. The number of methoxy groups -OCH3 is 2. The maximum absolute atomic E-state index is 13.4. The molecule has 1 unspecified atom stereocenters. The van der Waals surface area contributed by atoms with Crippen LogP contribution in [-0.2, 0) is 10.3 Å². The number of β-amino-alcohol motifs (C(OH)–C–C–N with tert-alkyl or cyclic N) is 1. The Morgan fingerprint density at radius 1 is 1.13 bits per heavy atom. The second-order valence-electron chi connectivity index (χ2n) is 7.70. The molecule has 1 aliphatic heterocycles. The van der Waals surface area contributed by atoms with Gasteiger partial charge in [0.05, 0.1) is 25.9 Å². The van der Waals surface area contributed by atoms with E-state index in [9.17, 15) is 14.3 Å². The van der Waals surface area contributed by atoms with E-state index in [1.54, 1.807) is 38.5 Å². The molecule has 0 radical (unpaired) electrons. The number of rotatable bonds is 7. The van der Waals surface area contributed by atoms with Crippen molar-refractivity contribution >= 4 is 5.91 Å². The quantitative estimate of drug-likeness (QED) is 0.726. The van der Waals surface area contributed by atoms with Gasteiger partial charge in [0, 0.05) is 26.6 Å². The second kappa shape index (κ2) is 9.45. The highest BCUT2D eigenvalue weighted by molar-refractivity contribution is 5.74. The number of nitrogens with one attached hydrogen (secondary N) is 1. The zero-order valence-corrected chi connectivity index (χ0v) is 17.7. The molecule has 0 bridgehead atoms. The first-order valence-corrected chi connectivity index (χ1v) is 10.0. The maximum atomic E-state index is 13.4. The average Bonchev–Trinajstić information content (AvgIpc) is 2.74. The molecule has 1 saturated heterocycles. The van der Waals surface area contributed by atoms with Gasteiger partial charge in [-0.15, -0.1) is 0 Å². The van der Waals surface area contributed by atoms with Crippen molar-refractivity contribution in [2.75, 3.05) is 33.9 Å². The summed E-state index contributed by atoms with van der Waals surface area (Å²) in [5, 5.41) is 13.8. The zero-order chi connectivity index (χ0) is 21.7. The zero-order valence-electron chi connectivity index (χ0n) is 17.7. The minimum absolute atomic E-state index is 0.113. The van der Waals surface area contributed by atoms with Crippen molar-refractivity contribution in [1.29, 1.82) is 0 Å². The fourth-order valence-corrected chi connectivity index (χ4v) is 4.12. The van der Waals surface area contributed by atoms with Crippen molar-refractivity contribution in [1.82, 2.24) is 10.2 Å². The van der Waals surface area contributed by atoms with E-state index in [-0.39, 0.29) is 11.7 Å². The third-order valence-electron chi connectivity index (χ3n) is 5.75. The number of halogens is 1. The van der Waals surface area contributed by atoms with Gasteiger partial charge in [-0.2, -0.15) is 0 Å². The Morgan fingerprint density at radius 2 is 1.77 bits per heavy atom. The summed E-state index contributed by atoms with van der Waals surface area (Å²) in [7, 11) is 3.14. The molecule has 0 aliphatic carbocycles. The minimum atomic E-state index is -0.677. The Labute approximate surface area is 176 Å². The average molecular weight is 416 g/mol. The SMILES string of the molecule is COc1ccc(C(O)CN2CCC(NC(C)=O)(c3ccc(F)cc3)CC2)cc1OC. The van der Waals surface area contributed by atoms with Gasteiger partial charge < -0.3 is 24.8 Å². The number of carbonyl (C=O) groups is 1. The van der Waals surface area contributed by atoms with Crippen molar-refractivity contribution in [3.63, 3.8) is 0 Å². The van der Waals surface area contributed by atoms with Crippen LogP contribution in [0.15, 0.2) is 42.5 Å². The first-order chi connectivity index (χ1) is 14.4. The Balaban J connectivity index is 1.68. The molecule has 7 heteroatoms. The van der Waals surface area contributed by atoms with Crippen LogP contribution in [0, 0.1) is 5.82 Å². The molecule has 2 N–H and O–H groups in total. The van der Waals surface area contributed by atoms with Gasteiger partial charge in [-0.3, -0.25) is 4.79 Å². The van der Waals surface area contributed by atoms with E-state index in [4.69, 9.17) is 9.47 Å². The van der Waals surface area contributed by atoms with Crippen LogP contribution < -0.4 is 14.8 Å². The topological polar surface area (TPSA) is 71.0 Å². The van der Waals surface area contributed by atoms with Crippen molar-refractivity contribution in [3.8, 4) is 11.5 Å². The van der Waals surface area contributed by atoms with Crippen LogP contribution in [0.5, 0.6) is 11.5 Å². The molecule has 30 heavy (non-hydrogen) atoms.